The summed E-state index contributed by atoms with van der Waals surface area (Å²) >= 11 is 0. The first kappa shape index (κ1) is 22.4. The van der Waals surface area contributed by atoms with E-state index in [0.29, 0.717) is 32.8 Å². The summed E-state index contributed by atoms with van der Waals surface area (Å²) < 4.78 is 44.7. The van der Waals surface area contributed by atoms with Gasteiger partial charge in [0, 0.05) is 44.3 Å². The lowest BCUT2D eigenvalue weighted by atomic mass is 10.2. The molecule has 0 saturated carbocycles. The monoisotopic (exact) mass is 456 g/mol. The molecule has 9 heteroatoms. The van der Waals surface area contributed by atoms with E-state index in [2.05, 4.69) is 15.2 Å². The molecular weight excluding hydrogens is 433 g/mol. The second kappa shape index (κ2) is 9.81. The maximum absolute atomic E-state index is 12.9. The molecule has 1 aromatic heterocycles. The summed E-state index contributed by atoms with van der Waals surface area (Å²) in [5.74, 6) is 0.746. The van der Waals surface area contributed by atoms with Crippen molar-refractivity contribution in [2.45, 2.75) is 12.8 Å². The minimum absolute atomic E-state index is 0.118. The molecule has 0 spiro atoms. The van der Waals surface area contributed by atoms with Crippen LogP contribution in [0.5, 0.6) is 5.75 Å². The molecule has 0 radical (unpaired) electrons. The average molecular weight is 456 g/mol. The van der Waals surface area contributed by atoms with Gasteiger partial charge in [-0.2, -0.15) is 13.2 Å². The van der Waals surface area contributed by atoms with Crippen LogP contribution < -0.4 is 15.0 Å². The zero-order valence-corrected chi connectivity index (χ0v) is 17.8. The summed E-state index contributed by atoms with van der Waals surface area (Å²) in [7, 11) is 0. The molecule has 1 N–H and O–H groups in total. The molecule has 3 aromatic rings. The predicted octanol–water partition coefficient (Wildman–Crippen LogP) is 5.03. The number of ether oxygens (including phenoxy) is 1. The average Bonchev–Trinajstić information content (AvgIpc) is 2.83. The molecule has 4 rings (SSSR count). The molecule has 6 nitrogen and oxygen atoms in total. The fourth-order valence-corrected chi connectivity index (χ4v) is 3.61. The van der Waals surface area contributed by atoms with Gasteiger partial charge < -0.3 is 19.9 Å². The van der Waals surface area contributed by atoms with Crippen molar-refractivity contribution in [2.75, 3.05) is 36.4 Å². The Morgan fingerprint density at radius 3 is 2.42 bits per heavy atom. The molecule has 2 heterocycles. The quantitative estimate of drug-likeness (QED) is 0.585. The van der Waals surface area contributed by atoms with Crippen molar-refractivity contribution in [1.82, 2.24) is 9.88 Å². The van der Waals surface area contributed by atoms with Gasteiger partial charge in [-0.05, 0) is 48.0 Å². The van der Waals surface area contributed by atoms with E-state index < -0.39 is 17.8 Å². The van der Waals surface area contributed by atoms with Gasteiger partial charge in [-0.25, -0.2) is 4.79 Å². The molecule has 1 saturated heterocycles. The van der Waals surface area contributed by atoms with Crippen LogP contribution in [0.3, 0.4) is 0 Å². The Morgan fingerprint density at radius 2 is 1.70 bits per heavy atom. The Kier molecular flexibility index (Phi) is 6.67. The fourth-order valence-electron chi connectivity index (χ4n) is 3.61. The fraction of sp³-hybridized carbons (Fsp3) is 0.250. The van der Waals surface area contributed by atoms with E-state index in [0.717, 1.165) is 29.1 Å². The molecule has 172 valence electrons. The number of anilines is 2. The zero-order chi connectivity index (χ0) is 23.3. The summed E-state index contributed by atoms with van der Waals surface area (Å²) in [4.78, 5) is 20.3. The number of pyridine rings is 1. The number of rotatable bonds is 5. The first-order valence-electron chi connectivity index (χ1n) is 10.5. The van der Waals surface area contributed by atoms with Crippen molar-refractivity contribution in [2.24, 2.45) is 0 Å². The van der Waals surface area contributed by atoms with Crippen molar-refractivity contribution in [3.63, 3.8) is 0 Å². The number of carbonyl (C=O) groups is 1. The Labute approximate surface area is 189 Å². The van der Waals surface area contributed by atoms with Crippen molar-refractivity contribution >= 4 is 17.4 Å². The van der Waals surface area contributed by atoms with Crippen LogP contribution in [0.25, 0.3) is 0 Å². The van der Waals surface area contributed by atoms with Crippen LogP contribution in [0.15, 0.2) is 73.1 Å². The lowest BCUT2D eigenvalue weighted by molar-refractivity contribution is -0.137. The Balaban J connectivity index is 1.35. The molecule has 0 aliphatic carbocycles. The van der Waals surface area contributed by atoms with E-state index in [1.807, 2.05) is 36.4 Å². The number of aromatic nitrogens is 1. The number of amides is 2. The van der Waals surface area contributed by atoms with Gasteiger partial charge in [0.05, 0.1) is 11.3 Å². The third kappa shape index (κ3) is 5.74. The first-order chi connectivity index (χ1) is 15.9. The second-order valence-corrected chi connectivity index (χ2v) is 7.59. The van der Waals surface area contributed by atoms with Gasteiger partial charge in [0.1, 0.15) is 12.4 Å². The number of piperazine rings is 1. The summed E-state index contributed by atoms with van der Waals surface area (Å²) in [5, 5.41) is 2.57. The smallest absolute Gasteiger partial charge is 0.416 e. The standard InChI is InChI=1S/C24H23F3N4O2/c25-24(26,27)19-4-3-5-20(16-19)29-23(32)31-14-12-30(13-15-31)21-6-1-2-7-22(21)33-17-18-8-10-28-11-9-18/h1-11,16H,12-15,17H2,(H,29,32). The minimum atomic E-state index is -4.46. The minimum Gasteiger partial charge on any atom is -0.487 e. The van der Waals surface area contributed by atoms with E-state index in [-0.39, 0.29) is 5.69 Å². The van der Waals surface area contributed by atoms with Gasteiger partial charge in [0.25, 0.3) is 0 Å². The van der Waals surface area contributed by atoms with E-state index in [1.165, 1.54) is 12.1 Å². The third-order valence-corrected chi connectivity index (χ3v) is 5.36. The molecular formula is C24H23F3N4O2. The molecule has 33 heavy (non-hydrogen) atoms. The molecule has 0 bridgehead atoms. The molecule has 1 aliphatic rings. The Morgan fingerprint density at radius 1 is 0.970 bits per heavy atom. The lowest BCUT2D eigenvalue weighted by Gasteiger charge is -2.36. The van der Waals surface area contributed by atoms with E-state index in [9.17, 15) is 18.0 Å². The normalized spacial score (nSPS) is 14.2. The van der Waals surface area contributed by atoms with Gasteiger partial charge in [-0.3, -0.25) is 4.98 Å². The maximum atomic E-state index is 12.9. The van der Waals surface area contributed by atoms with Crippen molar-refractivity contribution in [3.05, 3.63) is 84.2 Å². The molecule has 2 aromatic carbocycles. The summed E-state index contributed by atoms with van der Waals surface area (Å²) in [6, 6.07) is 15.7. The number of urea groups is 1. The number of nitrogens with zero attached hydrogens (tertiary/aromatic N) is 3. The molecule has 0 unspecified atom stereocenters. The van der Waals surface area contributed by atoms with Gasteiger partial charge in [0.2, 0.25) is 0 Å². The highest BCUT2D eigenvalue weighted by Crippen LogP contribution is 2.31. The SMILES string of the molecule is O=C(Nc1cccc(C(F)(F)F)c1)N1CCN(c2ccccc2OCc2ccncc2)CC1. The van der Waals surface area contributed by atoms with Crippen LogP contribution in [-0.4, -0.2) is 42.1 Å². The van der Waals surface area contributed by atoms with Crippen molar-refractivity contribution < 1.29 is 22.7 Å². The van der Waals surface area contributed by atoms with Gasteiger partial charge in [-0.1, -0.05) is 18.2 Å². The van der Waals surface area contributed by atoms with Crippen molar-refractivity contribution in [3.8, 4) is 5.75 Å². The van der Waals surface area contributed by atoms with Crippen LogP contribution >= 0.6 is 0 Å². The number of para-hydroxylation sites is 2. The van der Waals surface area contributed by atoms with Crippen LogP contribution in [0.4, 0.5) is 29.3 Å². The number of hydrogen-bond acceptors (Lipinski definition) is 4. The van der Waals surface area contributed by atoms with Crippen molar-refractivity contribution in [1.29, 1.82) is 0 Å². The lowest BCUT2D eigenvalue weighted by Crippen LogP contribution is -2.50. The largest absolute Gasteiger partial charge is 0.487 e. The van der Waals surface area contributed by atoms with E-state index >= 15 is 0 Å². The summed E-state index contributed by atoms with van der Waals surface area (Å²) in [6.07, 6.45) is -1.03. The molecule has 1 aliphatic heterocycles. The highest BCUT2D eigenvalue weighted by molar-refractivity contribution is 5.89. The van der Waals surface area contributed by atoms with Gasteiger partial charge >= 0.3 is 12.2 Å². The topological polar surface area (TPSA) is 57.7 Å². The number of nitrogens with one attached hydrogen (secondary N) is 1. The number of carbonyl (C=O) groups excluding carboxylic acids is 1. The molecule has 0 atom stereocenters. The number of halogens is 3. The molecule has 1 fully saturated rings. The predicted molar refractivity (Wildman–Crippen MR) is 119 cm³/mol. The van der Waals surface area contributed by atoms with Crippen LogP contribution in [0, 0.1) is 0 Å². The second-order valence-electron chi connectivity index (χ2n) is 7.59. The molecule has 2 amide bonds. The van der Waals surface area contributed by atoms with E-state index in [4.69, 9.17) is 4.74 Å². The third-order valence-electron chi connectivity index (χ3n) is 5.36. The van der Waals surface area contributed by atoms with E-state index in [1.54, 1.807) is 17.3 Å². The van der Waals surface area contributed by atoms with Gasteiger partial charge in [-0.15, -0.1) is 0 Å². The number of alkyl halides is 3. The summed E-state index contributed by atoms with van der Waals surface area (Å²) in [5.41, 5.74) is 1.26. The Bertz CT molecular complexity index is 1080. The van der Waals surface area contributed by atoms with Crippen LogP contribution in [0.2, 0.25) is 0 Å². The number of hydrogen-bond donors (Lipinski definition) is 1. The number of benzene rings is 2. The Hall–Kier alpha value is -3.75. The highest BCUT2D eigenvalue weighted by Gasteiger charge is 2.31. The van der Waals surface area contributed by atoms with Gasteiger partial charge in [0.15, 0.2) is 0 Å². The first-order valence-corrected chi connectivity index (χ1v) is 10.5. The summed E-state index contributed by atoms with van der Waals surface area (Å²) in [6.45, 7) is 2.43. The maximum Gasteiger partial charge on any atom is 0.416 e. The van der Waals surface area contributed by atoms with Crippen LogP contribution in [0.1, 0.15) is 11.1 Å². The zero-order valence-electron chi connectivity index (χ0n) is 17.8. The van der Waals surface area contributed by atoms with Crippen LogP contribution in [-0.2, 0) is 12.8 Å². The highest BCUT2D eigenvalue weighted by atomic mass is 19.4.